The van der Waals surface area contributed by atoms with E-state index in [-0.39, 0.29) is 18.6 Å². The molecule has 1 heterocycles. The Balaban J connectivity index is 1.49. The molecule has 0 bridgehead atoms. The largest absolute Gasteiger partial charge is 0.486 e. The lowest BCUT2D eigenvalue weighted by atomic mass is 10.0. The second-order valence-electron chi connectivity index (χ2n) is 7.89. The van der Waals surface area contributed by atoms with Gasteiger partial charge < -0.3 is 20.2 Å². The van der Waals surface area contributed by atoms with E-state index < -0.39 is 0 Å². The van der Waals surface area contributed by atoms with Crippen molar-refractivity contribution in [1.82, 2.24) is 5.01 Å². The molecule has 4 rings (SSSR count). The Morgan fingerprint density at radius 2 is 1.76 bits per heavy atom. The molecule has 0 aromatic heterocycles. The van der Waals surface area contributed by atoms with Gasteiger partial charge in [0.15, 0.2) is 5.84 Å². The number of nitrogens with zero attached hydrogens (tertiary/aromatic N) is 3. The number of carbonyl (C=O) groups excluding carboxylic acids is 1. The fourth-order valence-corrected chi connectivity index (χ4v) is 3.95. The molecular weight excluding hydrogens is 454 g/mol. The third-order valence-corrected chi connectivity index (χ3v) is 5.80. The highest BCUT2D eigenvalue weighted by Gasteiger charge is 2.33. The normalized spacial score (nSPS) is 16.0. The van der Waals surface area contributed by atoms with Crippen LogP contribution in [0, 0.1) is 0 Å². The van der Waals surface area contributed by atoms with Gasteiger partial charge in [-0.2, -0.15) is 5.10 Å². The van der Waals surface area contributed by atoms with E-state index in [2.05, 4.69) is 5.10 Å². The van der Waals surface area contributed by atoms with E-state index in [1.54, 1.807) is 31.3 Å². The van der Waals surface area contributed by atoms with Gasteiger partial charge >= 0.3 is 0 Å². The number of benzene rings is 3. The topological polar surface area (TPSA) is 106 Å². The van der Waals surface area contributed by atoms with Crippen LogP contribution in [-0.2, 0) is 4.79 Å². The molecule has 4 N–H and O–H groups in total. The van der Waals surface area contributed by atoms with Crippen molar-refractivity contribution >= 4 is 29.0 Å². The van der Waals surface area contributed by atoms with Crippen molar-refractivity contribution in [2.75, 3.05) is 18.6 Å². The quantitative estimate of drug-likeness (QED) is 0.224. The molecule has 1 fully saturated rings. The van der Waals surface area contributed by atoms with Crippen LogP contribution in [0.4, 0.5) is 5.69 Å². The van der Waals surface area contributed by atoms with E-state index in [0.717, 1.165) is 11.3 Å². The molecule has 0 radical (unpaired) electrons. The Bertz CT molecular complexity index is 1170. The summed E-state index contributed by atoms with van der Waals surface area (Å²) in [6.45, 7) is 0.134. The molecule has 176 valence electrons. The summed E-state index contributed by atoms with van der Waals surface area (Å²) in [5.41, 5.74) is 1.79. The van der Waals surface area contributed by atoms with E-state index in [1.807, 2.05) is 53.4 Å². The van der Waals surface area contributed by atoms with Crippen molar-refractivity contribution in [3.8, 4) is 17.2 Å². The van der Waals surface area contributed by atoms with Crippen LogP contribution >= 0.6 is 11.6 Å². The molecule has 3 aromatic rings. The Morgan fingerprint density at radius 3 is 2.41 bits per heavy atom. The number of hydrogen-bond donors (Lipinski definition) is 2. The van der Waals surface area contributed by atoms with E-state index in [4.69, 9.17) is 32.8 Å². The summed E-state index contributed by atoms with van der Waals surface area (Å²) in [7, 11) is 1.64. The number of anilines is 1. The molecule has 0 aliphatic carbocycles. The number of hydrazone groups is 1. The molecule has 1 atom stereocenters. The number of hydrazine groups is 1. The number of halogens is 1. The Morgan fingerprint density at radius 1 is 1.09 bits per heavy atom. The fourth-order valence-electron chi connectivity index (χ4n) is 3.83. The maximum Gasteiger partial charge on any atom is 0.227 e. The van der Waals surface area contributed by atoms with Gasteiger partial charge in [0.05, 0.1) is 6.04 Å². The Labute approximate surface area is 203 Å². The van der Waals surface area contributed by atoms with Gasteiger partial charge in [-0.15, -0.1) is 0 Å². The number of hydrogen-bond acceptors (Lipinski definition) is 6. The summed E-state index contributed by atoms with van der Waals surface area (Å²) in [5, 5.41) is 5.58. The van der Waals surface area contributed by atoms with Crippen molar-refractivity contribution in [3.05, 3.63) is 83.4 Å². The van der Waals surface area contributed by atoms with Gasteiger partial charge in [0, 0.05) is 24.2 Å². The average Bonchev–Trinajstić information content (AvgIpc) is 3.23. The maximum absolute atomic E-state index is 12.8. The van der Waals surface area contributed by atoms with Crippen LogP contribution in [0.2, 0.25) is 5.02 Å². The van der Waals surface area contributed by atoms with Crippen LogP contribution in [0.15, 0.2) is 77.9 Å². The van der Waals surface area contributed by atoms with Crippen molar-refractivity contribution in [2.45, 2.75) is 18.9 Å². The molecule has 1 amide bonds. The molecule has 0 spiro atoms. The summed E-state index contributed by atoms with van der Waals surface area (Å²) in [4.78, 5) is 14.6. The second-order valence-corrected chi connectivity index (χ2v) is 8.32. The summed E-state index contributed by atoms with van der Waals surface area (Å²) in [6.07, 6.45) is 1.19. The second kappa shape index (κ2) is 10.5. The van der Waals surface area contributed by atoms with Crippen LogP contribution in [0.5, 0.6) is 17.2 Å². The first-order valence-electron chi connectivity index (χ1n) is 10.8. The minimum atomic E-state index is -0.0982. The molecule has 3 aromatic carbocycles. The molecule has 34 heavy (non-hydrogen) atoms. The van der Waals surface area contributed by atoms with E-state index in [1.165, 1.54) is 5.01 Å². The van der Waals surface area contributed by atoms with Gasteiger partial charge in [-0.05, 0) is 72.6 Å². The lowest BCUT2D eigenvalue weighted by Gasteiger charge is -2.26. The highest BCUT2D eigenvalue weighted by molar-refractivity contribution is 6.30. The van der Waals surface area contributed by atoms with Crippen LogP contribution in [0.3, 0.4) is 0 Å². The van der Waals surface area contributed by atoms with Crippen LogP contribution in [0.1, 0.15) is 24.4 Å². The molecule has 9 heteroatoms. The number of amides is 1. The van der Waals surface area contributed by atoms with E-state index in [0.29, 0.717) is 40.9 Å². The number of rotatable bonds is 7. The number of amidine groups is 1. The molecule has 1 aliphatic heterocycles. The summed E-state index contributed by atoms with van der Waals surface area (Å²) >= 11 is 5.93. The van der Waals surface area contributed by atoms with Crippen molar-refractivity contribution in [1.29, 1.82) is 0 Å². The minimum Gasteiger partial charge on any atom is -0.486 e. The van der Waals surface area contributed by atoms with E-state index >= 15 is 0 Å². The summed E-state index contributed by atoms with van der Waals surface area (Å²) < 4.78 is 11.7. The van der Waals surface area contributed by atoms with Gasteiger partial charge in [-0.25, -0.2) is 5.84 Å². The lowest BCUT2D eigenvalue weighted by molar-refractivity contribution is -0.117. The van der Waals surface area contributed by atoms with Crippen LogP contribution in [-0.4, -0.2) is 30.4 Å². The smallest absolute Gasteiger partial charge is 0.227 e. The maximum atomic E-state index is 12.8. The molecular formula is C25H26ClN5O3. The predicted molar refractivity (Wildman–Crippen MR) is 133 cm³/mol. The van der Waals surface area contributed by atoms with E-state index in [9.17, 15) is 4.79 Å². The number of nitrogens with two attached hydrogens (primary N) is 2. The molecule has 0 saturated carbocycles. The third-order valence-electron chi connectivity index (χ3n) is 5.54. The monoisotopic (exact) mass is 479 g/mol. The van der Waals surface area contributed by atoms with Crippen molar-refractivity contribution in [3.63, 3.8) is 0 Å². The molecule has 8 nitrogen and oxygen atoms in total. The Kier molecular flexibility index (Phi) is 7.20. The van der Waals surface area contributed by atoms with Crippen LogP contribution < -0.4 is 26.1 Å². The Hall–Kier alpha value is -3.75. The predicted octanol–water partition coefficient (Wildman–Crippen LogP) is 4.46. The van der Waals surface area contributed by atoms with Gasteiger partial charge in [0.1, 0.15) is 23.9 Å². The highest BCUT2D eigenvalue weighted by atomic mass is 35.5. The van der Waals surface area contributed by atoms with Gasteiger partial charge in [0.2, 0.25) is 5.91 Å². The zero-order valence-electron chi connectivity index (χ0n) is 18.7. The van der Waals surface area contributed by atoms with Gasteiger partial charge in [0.25, 0.3) is 0 Å². The molecule has 1 saturated heterocycles. The van der Waals surface area contributed by atoms with Crippen molar-refractivity contribution in [2.24, 2.45) is 16.8 Å². The third kappa shape index (κ3) is 5.41. The highest BCUT2D eigenvalue weighted by Crippen LogP contribution is 2.38. The first-order chi connectivity index (χ1) is 16.4. The average molecular weight is 480 g/mol. The number of ether oxygens (including phenoxy) is 2. The summed E-state index contributed by atoms with van der Waals surface area (Å²) in [6, 6.07) is 22.2. The summed E-state index contributed by atoms with van der Waals surface area (Å²) in [5.74, 6) is 13.5. The lowest BCUT2D eigenvalue weighted by Crippen LogP contribution is -2.37. The molecule has 1 unspecified atom stereocenters. The number of carbonyl (C=O) groups is 1. The fraction of sp³-hybridized carbons (Fsp3) is 0.200. The van der Waals surface area contributed by atoms with Gasteiger partial charge in [-0.1, -0.05) is 23.7 Å². The molecule has 1 aliphatic rings. The minimum absolute atomic E-state index is 0.0741. The number of likely N-dealkylation sites (N-methyl/N-ethyl adjacent to an activating group) is 1. The van der Waals surface area contributed by atoms with Crippen LogP contribution in [0.25, 0.3) is 0 Å². The SMILES string of the molecule is CN(N)/C(COc1cccc(C2CCC(=O)N2c2ccc(Oc3ccc(Cl)cc3)cc2)c1)=N\N. The first-order valence-corrected chi connectivity index (χ1v) is 11.2. The zero-order chi connectivity index (χ0) is 24.1. The zero-order valence-corrected chi connectivity index (χ0v) is 19.5. The van der Waals surface area contributed by atoms with Crippen molar-refractivity contribution < 1.29 is 14.3 Å². The van der Waals surface area contributed by atoms with Gasteiger partial charge in [-0.3, -0.25) is 9.80 Å². The standard InChI is InChI=1S/C25H26ClN5O3/c1-30(28)24(29-27)16-33-22-4-2-3-17(15-22)23-13-14-25(32)31(23)19-7-11-21(12-8-19)34-20-9-5-18(26)6-10-20/h2-12,15,23H,13-14,16,27-28H2,1H3/b29-24-. The first kappa shape index (κ1) is 23.4.